The summed E-state index contributed by atoms with van der Waals surface area (Å²) >= 11 is 6.93. The molecular weight excluding hydrogens is 715 g/mol. The first kappa shape index (κ1) is 38.8. The summed E-state index contributed by atoms with van der Waals surface area (Å²) in [6, 6.07) is 20.4. The Morgan fingerprint density at radius 2 is 1.84 bits per heavy atom. The molecule has 4 aromatic rings. The van der Waals surface area contributed by atoms with Gasteiger partial charge in [0, 0.05) is 68.6 Å². The molecule has 2 atom stereocenters. The summed E-state index contributed by atoms with van der Waals surface area (Å²) in [4.78, 5) is 18.3. The molecular formula is C45H50ClFN4O4. The van der Waals surface area contributed by atoms with E-state index in [0.717, 1.165) is 85.4 Å². The largest absolute Gasteiger partial charge is 0.493 e. The smallest absolute Gasteiger partial charge is 0.142 e. The number of aromatic nitrogens is 1. The molecule has 7 rings (SSSR count). The highest BCUT2D eigenvalue weighted by Crippen LogP contribution is 2.44. The second-order valence-electron chi connectivity index (χ2n) is 15.6. The van der Waals surface area contributed by atoms with Gasteiger partial charge in [-0.3, -0.25) is 9.78 Å². The van der Waals surface area contributed by atoms with Crippen LogP contribution in [-0.4, -0.2) is 54.1 Å². The van der Waals surface area contributed by atoms with Gasteiger partial charge in [0.1, 0.15) is 47.5 Å². The Bertz CT molecular complexity index is 2040. The van der Waals surface area contributed by atoms with Gasteiger partial charge < -0.3 is 24.4 Å². The van der Waals surface area contributed by atoms with Crippen LogP contribution in [0, 0.1) is 24.2 Å². The van der Waals surface area contributed by atoms with Gasteiger partial charge in [-0.15, -0.1) is 0 Å². The van der Waals surface area contributed by atoms with Crippen molar-refractivity contribution in [3.8, 4) is 34.4 Å². The number of nitrogens with one attached hydrogen (secondary N) is 1. The molecule has 0 amide bonds. The van der Waals surface area contributed by atoms with E-state index in [2.05, 4.69) is 58.5 Å². The molecule has 55 heavy (non-hydrogen) atoms. The number of nitriles is 1. The fourth-order valence-corrected chi connectivity index (χ4v) is 8.35. The Balaban J connectivity index is 1.04. The van der Waals surface area contributed by atoms with Crippen molar-refractivity contribution < 1.29 is 23.4 Å². The second kappa shape index (κ2) is 17.5. The molecule has 8 nitrogen and oxygen atoms in total. The number of rotatable bonds is 15. The molecule has 2 heterocycles. The minimum absolute atomic E-state index is 0.189. The number of halogens is 2. The minimum Gasteiger partial charge on any atom is -0.493 e. The van der Waals surface area contributed by atoms with Crippen LogP contribution < -0.4 is 19.5 Å². The number of benzene rings is 3. The molecule has 1 N–H and O–H groups in total. The van der Waals surface area contributed by atoms with E-state index in [0.29, 0.717) is 72.6 Å². The Hall–Kier alpha value is -4.49. The van der Waals surface area contributed by atoms with Gasteiger partial charge in [-0.1, -0.05) is 41.9 Å². The predicted octanol–water partition coefficient (Wildman–Crippen LogP) is 9.28. The van der Waals surface area contributed by atoms with Crippen LogP contribution in [0.25, 0.3) is 11.1 Å². The van der Waals surface area contributed by atoms with Crippen LogP contribution in [0.1, 0.15) is 91.4 Å². The number of nitrogens with zero attached hydrogens (tertiary/aromatic N) is 3. The van der Waals surface area contributed by atoms with Gasteiger partial charge >= 0.3 is 0 Å². The van der Waals surface area contributed by atoms with Crippen LogP contribution in [0.2, 0.25) is 5.02 Å². The van der Waals surface area contributed by atoms with E-state index in [1.807, 2.05) is 18.2 Å². The van der Waals surface area contributed by atoms with E-state index in [9.17, 15) is 14.4 Å². The van der Waals surface area contributed by atoms with Crippen LogP contribution in [-0.2, 0) is 24.4 Å². The van der Waals surface area contributed by atoms with Crippen LogP contribution in [0.5, 0.6) is 17.2 Å². The Labute approximate surface area is 329 Å². The number of pyridine rings is 1. The number of piperidine rings is 1. The highest BCUT2D eigenvalue weighted by molar-refractivity contribution is 6.32. The monoisotopic (exact) mass is 764 g/mol. The summed E-state index contributed by atoms with van der Waals surface area (Å²) in [6.07, 6.45) is 8.99. The molecule has 1 saturated heterocycles. The molecule has 288 valence electrons. The lowest BCUT2D eigenvalue weighted by atomic mass is 9.93. The lowest BCUT2D eigenvalue weighted by Crippen LogP contribution is -2.40. The normalized spacial score (nSPS) is 19.2. The average molecular weight is 765 g/mol. The van der Waals surface area contributed by atoms with E-state index < -0.39 is 5.67 Å². The summed E-state index contributed by atoms with van der Waals surface area (Å²) in [5.41, 5.74) is 6.95. The van der Waals surface area contributed by atoms with Crippen molar-refractivity contribution in [2.45, 2.75) is 90.1 Å². The molecule has 1 aliphatic heterocycles. The number of fused-ring (bicyclic) bond motifs is 1. The fourth-order valence-electron chi connectivity index (χ4n) is 8.12. The van der Waals surface area contributed by atoms with Crippen molar-refractivity contribution in [1.82, 2.24) is 15.2 Å². The van der Waals surface area contributed by atoms with Gasteiger partial charge in [-0.2, -0.15) is 5.26 Å². The van der Waals surface area contributed by atoms with Crippen LogP contribution >= 0.6 is 11.6 Å². The van der Waals surface area contributed by atoms with Crippen molar-refractivity contribution in [1.29, 1.82) is 5.26 Å². The van der Waals surface area contributed by atoms with Gasteiger partial charge in [0.2, 0.25) is 0 Å². The molecule has 0 radical (unpaired) electrons. The Kier molecular flexibility index (Phi) is 12.4. The molecule has 0 spiro atoms. The van der Waals surface area contributed by atoms with Crippen molar-refractivity contribution in [3.05, 3.63) is 105 Å². The third-order valence-corrected chi connectivity index (χ3v) is 11.7. The summed E-state index contributed by atoms with van der Waals surface area (Å²) < 4.78 is 33.6. The van der Waals surface area contributed by atoms with Gasteiger partial charge in [0.15, 0.2) is 0 Å². The first-order chi connectivity index (χ1) is 26.7. The van der Waals surface area contributed by atoms with E-state index in [-0.39, 0.29) is 12.7 Å². The molecule has 1 saturated carbocycles. The van der Waals surface area contributed by atoms with Crippen molar-refractivity contribution in [2.75, 3.05) is 32.8 Å². The molecule has 0 bridgehead atoms. The summed E-state index contributed by atoms with van der Waals surface area (Å²) in [6.45, 7) is 8.45. The molecule has 3 aliphatic rings. The summed E-state index contributed by atoms with van der Waals surface area (Å²) in [7, 11) is 0. The number of carbonyl (C=O) groups excluding carboxylic acids is 1. The maximum absolute atomic E-state index is 14.2. The van der Waals surface area contributed by atoms with E-state index in [4.69, 9.17) is 25.8 Å². The first-order valence-corrected chi connectivity index (χ1v) is 20.0. The van der Waals surface area contributed by atoms with Crippen molar-refractivity contribution in [2.24, 2.45) is 5.92 Å². The van der Waals surface area contributed by atoms with Gasteiger partial charge in [0.05, 0.1) is 17.2 Å². The van der Waals surface area contributed by atoms with E-state index in [1.54, 1.807) is 19.2 Å². The van der Waals surface area contributed by atoms with Gasteiger partial charge in [-0.25, -0.2) is 4.39 Å². The molecule has 0 unspecified atom stereocenters. The molecule has 2 fully saturated rings. The summed E-state index contributed by atoms with van der Waals surface area (Å²) in [5, 5.41) is 13.4. The number of hydrogen-bond donors (Lipinski definition) is 1. The third kappa shape index (κ3) is 9.67. The van der Waals surface area contributed by atoms with Gasteiger partial charge in [-0.05, 0) is 111 Å². The highest BCUT2D eigenvalue weighted by atomic mass is 35.5. The second-order valence-corrected chi connectivity index (χ2v) is 16.0. The summed E-state index contributed by atoms with van der Waals surface area (Å²) in [5.74, 6) is 2.74. The zero-order chi connectivity index (χ0) is 38.4. The lowest BCUT2D eigenvalue weighted by molar-refractivity contribution is -0.117. The number of ether oxygens (including phenoxy) is 3. The standard InChI is InChI=1S/C45H50ClFN4O4/c1-30-36(6-4-9-41(30)53-19-5-16-51-17-14-45(2,47)15-18-51)37-7-3-8-39-38(37)12-13-42(39)55-44-23-43(54-29-33-20-32(24-48)26-49-27-33)34(22-40(44)46)28-50-25-31-10-11-35(52)21-31/h3-4,6-9,20,22-23,26-27,31,42,50H,5,10-19,21,25,28-29H2,1-2H3/t31-,42+/m1/s1. The minimum atomic E-state index is -1.03. The van der Waals surface area contributed by atoms with Crippen LogP contribution in [0.15, 0.2) is 67.0 Å². The number of carbonyl (C=O) groups is 1. The third-order valence-electron chi connectivity index (χ3n) is 11.4. The molecule has 3 aromatic carbocycles. The molecule has 2 aliphatic carbocycles. The SMILES string of the molecule is Cc1c(OCCCN2CCC(C)(F)CC2)cccc1-c1cccc2c1CC[C@@H]2Oc1cc(OCc2cncc(C#N)c2)c(CNC[C@@H]2CCC(=O)C2)cc1Cl. The van der Waals surface area contributed by atoms with Crippen LogP contribution in [0.3, 0.4) is 0 Å². The van der Waals surface area contributed by atoms with Crippen LogP contribution in [0.4, 0.5) is 4.39 Å². The maximum Gasteiger partial charge on any atom is 0.142 e. The van der Waals surface area contributed by atoms with Gasteiger partial charge in [0.25, 0.3) is 0 Å². The zero-order valence-corrected chi connectivity index (χ0v) is 32.6. The van der Waals surface area contributed by atoms with E-state index in [1.165, 1.54) is 17.3 Å². The fraction of sp³-hybridized carbons (Fsp3) is 0.444. The average Bonchev–Trinajstić information content (AvgIpc) is 3.80. The Morgan fingerprint density at radius 3 is 2.64 bits per heavy atom. The van der Waals surface area contributed by atoms with E-state index >= 15 is 0 Å². The number of likely N-dealkylation sites (tertiary alicyclic amines) is 1. The highest BCUT2D eigenvalue weighted by Gasteiger charge is 2.30. The predicted molar refractivity (Wildman–Crippen MR) is 212 cm³/mol. The number of alkyl halides is 1. The lowest BCUT2D eigenvalue weighted by Gasteiger charge is -2.34. The Morgan fingerprint density at radius 1 is 1.02 bits per heavy atom. The maximum atomic E-state index is 14.2. The number of hydrogen-bond acceptors (Lipinski definition) is 8. The quantitative estimate of drug-likeness (QED) is 0.120. The van der Waals surface area contributed by atoms with Crippen molar-refractivity contribution in [3.63, 3.8) is 0 Å². The molecule has 1 aromatic heterocycles. The number of ketones is 1. The first-order valence-electron chi connectivity index (χ1n) is 19.6. The van der Waals surface area contributed by atoms with Crippen molar-refractivity contribution >= 4 is 17.4 Å². The molecule has 10 heteroatoms. The number of Topliss-reactive ketones (excluding diaryl/α,β-unsaturated/α-hetero) is 1. The topological polar surface area (TPSA) is 96.7 Å². The zero-order valence-electron chi connectivity index (χ0n) is 31.8.